The first-order valence-corrected chi connectivity index (χ1v) is 6.30. The van der Waals surface area contributed by atoms with E-state index in [0.717, 1.165) is 25.8 Å². The topological polar surface area (TPSA) is 54.0 Å². The van der Waals surface area contributed by atoms with Gasteiger partial charge < -0.3 is 10.6 Å². The second-order valence-electron chi connectivity index (χ2n) is 4.19. The predicted molar refractivity (Wildman–Crippen MR) is 68.1 cm³/mol. The van der Waals surface area contributed by atoms with Crippen molar-refractivity contribution in [1.82, 2.24) is 10.3 Å². The summed E-state index contributed by atoms with van der Waals surface area (Å²) in [5.74, 6) is 0.482. The first-order chi connectivity index (χ1) is 8.25. The molecule has 1 fully saturated rings. The third-order valence-corrected chi connectivity index (χ3v) is 3.05. The molecule has 17 heavy (non-hydrogen) atoms. The van der Waals surface area contributed by atoms with Crippen LogP contribution in [0.25, 0.3) is 0 Å². The molecule has 4 nitrogen and oxygen atoms in total. The minimum absolute atomic E-state index is 0.0262. The molecule has 1 aliphatic heterocycles. The van der Waals surface area contributed by atoms with Crippen molar-refractivity contribution in [1.29, 1.82) is 0 Å². The van der Waals surface area contributed by atoms with E-state index < -0.39 is 0 Å². The predicted octanol–water partition coefficient (Wildman–Crippen LogP) is 2.21. The van der Waals surface area contributed by atoms with Gasteiger partial charge in [-0.2, -0.15) is 0 Å². The first-order valence-electron chi connectivity index (χ1n) is 5.92. The van der Waals surface area contributed by atoms with E-state index in [0.29, 0.717) is 11.0 Å². The summed E-state index contributed by atoms with van der Waals surface area (Å²) >= 11 is 5.76. The molecule has 1 aliphatic rings. The van der Waals surface area contributed by atoms with E-state index in [1.54, 1.807) is 18.2 Å². The Hall–Kier alpha value is -1.13. The number of hydrogen-bond acceptors (Lipinski definition) is 3. The summed E-state index contributed by atoms with van der Waals surface area (Å²) < 4.78 is 0. The monoisotopic (exact) mass is 253 g/mol. The van der Waals surface area contributed by atoms with Gasteiger partial charge in [0.1, 0.15) is 11.0 Å². The van der Waals surface area contributed by atoms with Gasteiger partial charge in [-0.15, -0.1) is 0 Å². The Morgan fingerprint density at radius 1 is 1.41 bits per heavy atom. The maximum atomic E-state index is 12.0. The van der Waals surface area contributed by atoms with Gasteiger partial charge in [-0.05, 0) is 31.5 Å². The van der Waals surface area contributed by atoms with Crippen LogP contribution in [0.5, 0.6) is 0 Å². The number of anilines is 1. The van der Waals surface area contributed by atoms with Crippen molar-refractivity contribution in [2.45, 2.75) is 31.7 Å². The molecular weight excluding hydrogens is 238 g/mol. The van der Waals surface area contributed by atoms with Crippen LogP contribution in [0.1, 0.15) is 25.7 Å². The Morgan fingerprint density at radius 2 is 2.29 bits per heavy atom. The molecule has 1 saturated heterocycles. The maximum Gasteiger partial charge on any atom is 0.242 e. The Morgan fingerprint density at radius 3 is 3.12 bits per heavy atom. The number of halogens is 1. The number of rotatable bonds is 2. The third kappa shape index (κ3) is 3.68. The van der Waals surface area contributed by atoms with E-state index in [1.165, 1.54) is 6.42 Å². The van der Waals surface area contributed by atoms with Gasteiger partial charge >= 0.3 is 0 Å². The van der Waals surface area contributed by atoms with Gasteiger partial charge in [0, 0.05) is 0 Å². The highest BCUT2D eigenvalue weighted by atomic mass is 35.5. The fourth-order valence-electron chi connectivity index (χ4n) is 1.94. The Bertz CT molecular complexity index is 389. The Balaban J connectivity index is 1.95. The number of nitrogens with zero attached hydrogens (tertiary/aromatic N) is 1. The minimum atomic E-state index is -0.113. The smallest absolute Gasteiger partial charge is 0.242 e. The second-order valence-corrected chi connectivity index (χ2v) is 4.58. The molecule has 2 rings (SSSR count). The Labute approximate surface area is 106 Å². The van der Waals surface area contributed by atoms with Crippen LogP contribution >= 0.6 is 11.6 Å². The summed E-state index contributed by atoms with van der Waals surface area (Å²) in [6.07, 6.45) is 4.30. The third-order valence-electron chi connectivity index (χ3n) is 2.84. The van der Waals surface area contributed by atoms with Gasteiger partial charge in [0.15, 0.2) is 0 Å². The molecule has 1 aromatic heterocycles. The number of aromatic nitrogens is 1. The molecule has 1 unspecified atom stereocenters. The van der Waals surface area contributed by atoms with Gasteiger partial charge in [-0.3, -0.25) is 4.79 Å². The molecule has 1 amide bonds. The fourth-order valence-corrected chi connectivity index (χ4v) is 2.11. The van der Waals surface area contributed by atoms with Crippen molar-refractivity contribution in [2.75, 3.05) is 11.9 Å². The Kier molecular flexibility index (Phi) is 4.34. The molecule has 2 N–H and O–H groups in total. The average molecular weight is 254 g/mol. The zero-order chi connectivity index (χ0) is 12.1. The van der Waals surface area contributed by atoms with Crippen LogP contribution < -0.4 is 10.6 Å². The van der Waals surface area contributed by atoms with E-state index in [2.05, 4.69) is 15.6 Å². The molecule has 2 heterocycles. The van der Waals surface area contributed by atoms with Crippen LogP contribution in [0.3, 0.4) is 0 Å². The van der Waals surface area contributed by atoms with E-state index >= 15 is 0 Å². The molecule has 0 aromatic carbocycles. The minimum Gasteiger partial charge on any atom is -0.309 e. The van der Waals surface area contributed by atoms with E-state index in [-0.39, 0.29) is 11.9 Å². The second kappa shape index (κ2) is 5.98. The van der Waals surface area contributed by atoms with Gasteiger partial charge in [0.05, 0.1) is 6.04 Å². The lowest BCUT2D eigenvalue weighted by atomic mass is 10.1. The van der Waals surface area contributed by atoms with Gasteiger partial charge in [-0.25, -0.2) is 4.98 Å². The molecule has 0 saturated carbocycles. The number of carbonyl (C=O) groups is 1. The van der Waals surface area contributed by atoms with Gasteiger partial charge in [-0.1, -0.05) is 30.5 Å². The van der Waals surface area contributed by atoms with Crippen molar-refractivity contribution in [2.24, 2.45) is 0 Å². The summed E-state index contributed by atoms with van der Waals surface area (Å²) in [6.45, 7) is 0.904. The number of hydrogen-bond donors (Lipinski definition) is 2. The molecule has 0 bridgehead atoms. The molecule has 1 atom stereocenters. The normalized spacial score (nSPS) is 20.6. The van der Waals surface area contributed by atoms with Crippen molar-refractivity contribution in [3.63, 3.8) is 0 Å². The summed E-state index contributed by atoms with van der Waals surface area (Å²) in [6, 6.07) is 5.07. The van der Waals surface area contributed by atoms with Crippen LogP contribution in [0.15, 0.2) is 18.2 Å². The summed E-state index contributed by atoms with van der Waals surface area (Å²) in [7, 11) is 0. The van der Waals surface area contributed by atoms with Crippen LogP contribution in [-0.4, -0.2) is 23.5 Å². The van der Waals surface area contributed by atoms with E-state index in [1.807, 2.05) is 0 Å². The number of nitrogens with one attached hydrogen (secondary N) is 2. The quantitative estimate of drug-likeness (QED) is 0.795. The van der Waals surface area contributed by atoms with E-state index in [4.69, 9.17) is 11.6 Å². The summed E-state index contributed by atoms with van der Waals surface area (Å²) in [5, 5.41) is 6.41. The molecule has 0 radical (unpaired) electrons. The highest BCUT2D eigenvalue weighted by molar-refractivity contribution is 6.29. The van der Waals surface area contributed by atoms with Gasteiger partial charge in [0.25, 0.3) is 0 Å². The highest BCUT2D eigenvalue weighted by Crippen LogP contribution is 2.12. The van der Waals surface area contributed by atoms with Gasteiger partial charge in [0.2, 0.25) is 5.91 Å². The number of amides is 1. The molecule has 0 spiro atoms. The summed E-state index contributed by atoms with van der Waals surface area (Å²) in [4.78, 5) is 16.0. The zero-order valence-electron chi connectivity index (χ0n) is 9.58. The molecule has 5 heteroatoms. The standard InChI is InChI=1S/C12H16ClN3O/c13-10-6-4-7-11(15-10)16-12(17)9-5-2-1-3-8-14-9/h4,6-7,9,14H,1-3,5,8H2,(H,15,16,17). The lowest BCUT2D eigenvalue weighted by Gasteiger charge is -2.15. The van der Waals surface area contributed by atoms with Crippen molar-refractivity contribution in [3.8, 4) is 0 Å². The van der Waals surface area contributed by atoms with E-state index in [9.17, 15) is 4.79 Å². The first kappa shape index (κ1) is 12.3. The maximum absolute atomic E-state index is 12.0. The van der Waals surface area contributed by atoms with Crippen LogP contribution in [0.2, 0.25) is 5.15 Å². The average Bonchev–Trinajstić information content (AvgIpc) is 2.57. The highest BCUT2D eigenvalue weighted by Gasteiger charge is 2.19. The van der Waals surface area contributed by atoms with Crippen molar-refractivity contribution < 1.29 is 4.79 Å². The molecular formula is C12H16ClN3O. The summed E-state index contributed by atoms with van der Waals surface area (Å²) in [5.41, 5.74) is 0. The van der Waals surface area contributed by atoms with Crippen LogP contribution in [0, 0.1) is 0 Å². The molecule has 92 valence electrons. The van der Waals surface area contributed by atoms with Crippen molar-refractivity contribution in [3.05, 3.63) is 23.4 Å². The molecule has 1 aromatic rings. The van der Waals surface area contributed by atoms with Crippen LogP contribution in [0.4, 0.5) is 5.82 Å². The fraction of sp³-hybridized carbons (Fsp3) is 0.500. The number of pyridine rings is 1. The van der Waals surface area contributed by atoms with Crippen molar-refractivity contribution >= 4 is 23.3 Å². The number of carbonyl (C=O) groups excluding carboxylic acids is 1. The SMILES string of the molecule is O=C(Nc1cccc(Cl)n1)C1CCCCCN1. The lowest BCUT2D eigenvalue weighted by molar-refractivity contribution is -0.118. The molecule has 0 aliphatic carbocycles. The van der Waals surface area contributed by atoms with Crippen LogP contribution in [-0.2, 0) is 4.79 Å². The lowest BCUT2D eigenvalue weighted by Crippen LogP contribution is -2.40. The zero-order valence-corrected chi connectivity index (χ0v) is 10.3. The largest absolute Gasteiger partial charge is 0.309 e.